The molecule has 5 heteroatoms. The van der Waals surface area contributed by atoms with Gasteiger partial charge < -0.3 is 19.5 Å². The number of methoxy groups -OCH3 is 2. The van der Waals surface area contributed by atoms with Crippen LogP contribution in [0.25, 0.3) is 0 Å². The lowest BCUT2D eigenvalue weighted by molar-refractivity contribution is -0.919. The van der Waals surface area contributed by atoms with E-state index in [4.69, 9.17) is 9.47 Å². The number of fused-ring (bicyclic) bond motifs is 1. The number of hydrogen-bond donors (Lipinski definition) is 2. The SMILES string of the molecule is COc1cc2c(cc1OC)[C@H](O)C[NH+](CCC(C)=O)C2. The lowest BCUT2D eigenvalue weighted by atomic mass is 9.96. The average molecular weight is 280 g/mol. The van der Waals surface area contributed by atoms with Crippen molar-refractivity contribution in [3.8, 4) is 11.5 Å². The molecule has 1 aliphatic rings. The minimum atomic E-state index is -0.527. The van der Waals surface area contributed by atoms with Crippen molar-refractivity contribution in [2.45, 2.75) is 26.0 Å². The topological polar surface area (TPSA) is 60.2 Å². The number of carbonyl (C=O) groups is 1. The monoisotopic (exact) mass is 280 g/mol. The Labute approximate surface area is 119 Å². The summed E-state index contributed by atoms with van der Waals surface area (Å²) >= 11 is 0. The van der Waals surface area contributed by atoms with Gasteiger partial charge in [-0.3, -0.25) is 4.79 Å². The molecule has 110 valence electrons. The maximum Gasteiger partial charge on any atom is 0.161 e. The fourth-order valence-electron chi connectivity index (χ4n) is 2.67. The van der Waals surface area contributed by atoms with E-state index in [1.807, 2.05) is 12.1 Å². The first-order valence-corrected chi connectivity index (χ1v) is 6.81. The molecule has 0 fully saturated rings. The van der Waals surface area contributed by atoms with E-state index in [1.54, 1.807) is 21.1 Å². The Morgan fingerprint density at radius 1 is 1.35 bits per heavy atom. The van der Waals surface area contributed by atoms with E-state index in [0.29, 0.717) is 24.5 Å². The minimum Gasteiger partial charge on any atom is -0.493 e. The van der Waals surface area contributed by atoms with Gasteiger partial charge in [0, 0.05) is 5.56 Å². The number of carbonyl (C=O) groups excluding carboxylic acids is 1. The number of quaternary nitrogens is 1. The number of benzene rings is 1. The minimum absolute atomic E-state index is 0.185. The van der Waals surface area contributed by atoms with E-state index in [2.05, 4.69) is 0 Å². The van der Waals surface area contributed by atoms with E-state index >= 15 is 0 Å². The van der Waals surface area contributed by atoms with Gasteiger partial charge >= 0.3 is 0 Å². The molecule has 2 atom stereocenters. The Morgan fingerprint density at radius 3 is 2.60 bits per heavy atom. The maximum atomic E-state index is 11.1. The van der Waals surface area contributed by atoms with Crippen molar-refractivity contribution in [1.29, 1.82) is 0 Å². The molecule has 1 aromatic carbocycles. The van der Waals surface area contributed by atoms with Crippen LogP contribution in [-0.2, 0) is 11.3 Å². The van der Waals surface area contributed by atoms with Gasteiger partial charge in [0.2, 0.25) is 0 Å². The molecule has 0 aromatic heterocycles. The Kier molecular flexibility index (Phi) is 4.62. The van der Waals surface area contributed by atoms with Gasteiger partial charge in [0.05, 0.1) is 27.2 Å². The number of aliphatic hydroxyl groups is 1. The number of ether oxygens (including phenoxy) is 2. The second-order valence-electron chi connectivity index (χ2n) is 5.25. The van der Waals surface area contributed by atoms with Gasteiger partial charge in [-0.2, -0.15) is 0 Å². The normalized spacial score (nSPS) is 21.2. The fraction of sp³-hybridized carbons (Fsp3) is 0.533. The van der Waals surface area contributed by atoms with E-state index < -0.39 is 6.10 Å². The van der Waals surface area contributed by atoms with Crippen LogP contribution >= 0.6 is 0 Å². The number of hydrogen-bond acceptors (Lipinski definition) is 4. The zero-order valence-electron chi connectivity index (χ0n) is 12.2. The highest BCUT2D eigenvalue weighted by atomic mass is 16.5. The van der Waals surface area contributed by atoms with Crippen molar-refractivity contribution in [3.63, 3.8) is 0 Å². The van der Waals surface area contributed by atoms with Crippen LogP contribution in [0.3, 0.4) is 0 Å². The molecular weight excluding hydrogens is 258 g/mol. The summed E-state index contributed by atoms with van der Waals surface area (Å²) < 4.78 is 10.6. The van der Waals surface area contributed by atoms with Gasteiger partial charge in [-0.15, -0.1) is 0 Å². The third kappa shape index (κ3) is 3.11. The maximum absolute atomic E-state index is 11.1. The predicted octanol–water partition coefficient (Wildman–Crippen LogP) is 0.115. The van der Waals surface area contributed by atoms with Crippen molar-refractivity contribution in [2.75, 3.05) is 27.3 Å². The first-order valence-electron chi connectivity index (χ1n) is 6.81. The van der Waals surface area contributed by atoms with Crippen LogP contribution in [-0.4, -0.2) is 38.2 Å². The largest absolute Gasteiger partial charge is 0.493 e. The van der Waals surface area contributed by atoms with Gasteiger partial charge in [0.15, 0.2) is 11.5 Å². The van der Waals surface area contributed by atoms with Gasteiger partial charge in [0.1, 0.15) is 25.0 Å². The summed E-state index contributed by atoms with van der Waals surface area (Å²) in [6, 6.07) is 3.77. The van der Waals surface area contributed by atoms with Crippen LogP contribution in [0.15, 0.2) is 12.1 Å². The van der Waals surface area contributed by atoms with Gasteiger partial charge in [-0.1, -0.05) is 0 Å². The van der Waals surface area contributed by atoms with E-state index in [-0.39, 0.29) is 5.78 Å². The summed E-state index contributed by atoms with van der Waals surface area (Å²) in [5.41, 5.74) is 1.95. The van der Waals surface area contributed by atoms with Crippen LogP contribution in [0, 0.1) is 0 Å². The summed E-state index contributed by atoms with van der Waals surface area (Å²) in [5, 5.41) is 10.3. The first kappa shape index (κ1) is 14.8. The third-order valence-electron chi connectivity index (χ3n) is 3.76. The summed E-state index contributed by atoms with van der Waals surface area (Å²) in [4.78, 5) is 12.3. The molecule has 0 amide bonds. The second-order valence-corrected chi connectivity index (χ2v) is 5.25. The molecule has 2 rings (SSSR count). The van der Waals surface area contributed by atoms with Crippen LogP contribution in [0.2, 0.25) is 0 Å². The molecule has 0 spiro atoms. The Hall–Kier alpha value is -1.59. The zero-order chi connectivity index (χ0) is 14.7. The quantitative estimate of drug-likeness (QED) is 0.804. The van der Waals surface area contributed by atoms with Crippen molar-refractivity contribution in [2.24, 2.45) is 0 Å². The Bertz CT molecular complexity index is 501. The Morgan fingerprint density at radius 2 is 2.00 bits per heavy atom. The van der Waals surface area contributed by atoms with E-state index in [9.17, 15) is 9.90 Å². The summed E-state index contributed by atoms with van der Waals surface area (Å²) in [6.07, 6.45) is 0.0190. The lowest BCUT2D eigenvalue weighted by Crippen LogP contribution is -3.12. The van der Waals surface area contributed by atoms with Gasteiger partial charge in [-0.05, 0) is 24.6 Å². The highest BCUT2D eigenvalue weighted by Crippen LogP contribution is 2.33. The molecule has 1 unspecified atom stereocenters. The van der Waals surface area contributed by atoms with E-state index in [0.717, 1.165) is 24.2 Å². The molecule has 0 radical (unpaired) electrons. The van der Waals surface area contributed by atoms with Gasteiger partial charge in [0.25, 0.3) is 0 Å². The molecule has 0 aliphatic carbocycles. The molecule has 0 saturated carbocycles. The van der Waals surface area contributed by atoms with Crippen LogP contribution in [0.1, 0.15) is 30.6 Å². The molecule has 1 aliphatic heterocycles. The summed E-state index contributed by atoms with van der Waals surface area (Å²) in [7, 11) is 3.19. The van der Waals surface area contributed by atoms with Crippen molar-refractivity contribution in [1.82, 2.24) is 0 Å². The molecule has 0 saturated heterocycles. The number of Topliss-reactive ketones (excluding diaryl/α,β-unsaturated/α-hetero) is 1. The van der Waals surface area contributed by atoms with E-state index in [1.165, 1.54) is 4.90 Å². The first-order chi connectivity index (χ1) is 9.55. The predicted molar refractivity (Wildman–Crippen MR) is 74.2 cm³/mol. The fourth-order valence-corrected chi connectivity index (χ4v) is 2.67. The number of aliphatic hydroxyl groups excluding tert-OH is 1. The molecule has 1 heterocycles. The van der Waals surface area contributed by atoms with Gasteiger partial charge in [-0.25, -0.2) is 0 Å². The van der Waals surface area contributed by atoms with Crippen LogP contribution in [0.5, 0.6) is 11.5 Å². The zero-order valence-corrected chi connectivity index (χ0v) is 12.2. The standard InChI is InChI=1S/C15H21NO4/c1-10(17)4-5-16-8-11-6-14(19-2)15(20-3)7-12(11)13(18)9-16/h6-7,13,18H,4-5,8-9H2,1-3H3/p+1/t13-/m1/s1. The highest BCUT2D eigenvalue weighted by molar-refractivity contribution is 5.75. The average Bonchev–Trinajstić information content (AvgIpc) is 2.43. The molecule has 5 nitrogen and oxygen atoms in total. The molecule has 0 bridgehead atoms. The smallest absolute Gasteiger partial charge is 0.161 e. The second kappa shape index (κ2) is 6.24. The molecule has 20 heavy (non-hydrogen) atoms. The Balaban J connectivity index is 2.23. The number of rotatable bonds is 5. The lowest BCUT2D eigenvalue weighted by Gasteiger charge is -2.30. The third-order valence-corrected chi connectivity index (χ3v) is 3.76. The van der Waals surface area contributed by atoms with Crippen molar-refractivity contribution in [3.05, 3.63) is 23.3 Å². The summed E-state index contributed by atoms with van der Waals surface area (Å²) in [5.74, 6) is 1.49. The summed E-state index contributed by atoms with van der Waals surface area (Å²) in [6.45, 7) is 3.76. The van der Waals surface area contributed by atoms with Crippen LogP contribution < -0.4 is 14.4 Å². The molecule has 2 N–H and O–H groups in total. The van der Waals surface area contributed by atoms with Crippen molar-refractivity contribution < 1.29 is 24.3 Å². The van der Waals surface area contributed by atoms with Crippen LogP contribution in [0.4, 0.5) is 0 Å². The number of nitrogens with one attached hydrogen (secondary N) is 1. The molecule has 1 aromatic rings. The molecular formula is C15H22NO4+. The van der Waals surface area contributed by atoms with Crippen molar-refractivity contribution >= 4 is 5.78 Å². The number of ketones is 1. The highest BCUT2D eigenvalue weighted by Gasteiger charge is 2.28.